The van der Waals surface area contributed by atoms with Gasteiger partial charge in [0.1, 0.15) is 0 Å². The lowest BCUT2D eigenvalue weighted by atomic mass is 10.1. The van der Waals surface area contributed by atoms with Crippen LogP contribution in [0.3, 0.4) is 0 Å². The molecule has 0 unspecified atom stereocenters. The molecule has 1 N–H and O–H groups in total. The Hall–Kier alpha value is -3.53. The number of nitrogens with one attached hydrogen (secondary N) is 1. The summed E-state index contributed by atoms with van der Waals surface area (Å²) in [5, 5.41) is 25.0. The second kappa shape index (κ2) is 8.01. The van der Waals surface area contributed by atoms with Gasteiger partial charge in [-0.2, -0.15) is 0 Å². The van der Waals surface area contributed by atoms with E-state index in [1.54, 1.807) is 0 Å². The lowest BCUT2D eigenvalue weighted by Crippen LogP contribution is -2.36. The van der Waals surface area contributed by atoms with Gasteiger partial charge in [0.25, 0.3) is 17.3 Å². The van der Waals surface area contributed by atoms with Crippen LogP contribution in [0, 0.1) is 27.2 Å². The largest absolute Gasteiger partial charge is 0.378 e. The topological polar surface area (TPSA) is 128 Å². The summed E-state index contributed by atoms with van der Waals surface area (Å²) >= 11 is 0. The van der Waals surface area contributed by atoms with Crippen LogP contribution in [-0.2, 0) is 4.74 Å². The minimum atomic E-state index is -0.544. The molecule has 1 aliphatic rings. The Morgan fingerprint density at radius 1 is 1.11 bits per heavy atom. The first-order chi connectivity index (χ1) is 13.4. The van der Waals surface area contributed by atoms with Crippen molar-refractivity contribution in [3.05, 3.63) is 67.8 Å². The van der Waals surface area contributed by atoms with Crippen molar-refractivity contribution < 1.29 is 19.4 Å². The molecule has 0 bridgehead atoms. The molecular weight excluding hydrogens is 368 g/mol. The number of hydrogen-bond acceptors (Lipinski definition) is 7. The van der Waals surface area contributed by atoms with Crippen molar-refractivity contribution in [2.75, 3.05) is 36.5 Å². The fraction of sp³-hybridized carbons (Fsp3) is 0.278. The Morgan fingerprint density at radius 2 is 1.82 bits per heavy atom. The van der Waals surface area contributed by atoms with Crippen molar-refractivity contribution in [1.29, 1.82) is 0 Å². The lowest BCUT2D eigenvalue weighted by molar-refractivity contribution is -0.385. The highest BCUT2D eigenvalue weighted by Crippen LogP contribution is 2.32. The lowest BCUT2D eigenvalue weighted by Gasteiger charge is -2.30. The molecule has 0 aliphatic carbocycles. The Labute approximate surface area is 160 Å². The van der Waals surface area contributed by atoms with Crippen LogP contribution in [0.15, 0.2) is 36.4 Å². The van der Waals surface area contributed by atoms with E-state index >= 15 is 0 Å². The third-order valence-electron chi connectivity index (χ3n) is 4.54. The van der Waals surface area contributed by atoms with Crippen LogP contribution in [0.1, 0.15) is 15.9 Å². The maximum Gasteiger partial charge on any atom is 0.273 e. The van der Waals surface area contributed by atoms with Gasteiger partial charge in [-0.1, -0.05) is 6.07 Å². The zero-order valence-electron chi connectivity index (χ0n) is 15.1. The molecule has 1 saturated heterocycles. The molecular formula is C18H18N4O6. The first kappa shape index (κ1) is 19.2. The van der Waals surface area contributed by atoms with E-state index in [1.807, 2.05) is 4.90 Å². The second-order valence-electron chi connectivity index (χ2n) is 6.22. The van der Waals surface area contributed by atoms with Gasteiger partial charge < -0.3 is 15.0 Å². The number of carbonyl (C=O) groups excluding carboxylic acids is 1. The van der Waals surface area contributed by atoms with Gasteiger partial charge in [0, 0.05) is 42.4 Å². The molecule has 2 aromatic carbocycles. The van der Waals surface area contributed by atoms with Crippen LogP contribution < -0.4 is 10.2 Å². The van der Waals surface area contributed by atoms with Crippen LogP contribution in [0.25, 0.3) is 0 Å². The molecule has 146 valence electrons. The van der Waals surface area contributed by atoms with Gasteiger partial charge >= 0.3 is 0 Å². The standard InChI is InChI=1S/C18H18N4O6/c1-12-14(3-2-4-16(12)22(26)27)18(23)19-15-6-5-13(21(24)25)11-17(15)20-7-9-28-10-8-20/h2-6,11H,7-10H2,1H3,(H,19,23). The summed E-state index contributed by atoms with van der Waals surface area (Å²) in [4.78, 5) is 35.9. The number of rotatable bonds is 5. The number of nitrogens with zero attached hydrogens (tertiary/aromatic N) is 3. The number of anilines is 2. The van der Waals surface area contributed by atoms with E-state index in [1.165, 1.54) is 43.3 Å². The SMILES string of the molecule is Cc1c(C(=O)Nc2ccc([N+](=O)[O-])cc2N2CCOCC2)cccc1[N+](=O)[O-]. The van der Waals surface area contributed by atoms with Gasteiger partial charge in [0.05, 0.1) is 34.4 Å². The molecule has 1 aliphatic heterocycles. The van der Waals surface area contributed by atoms with Crippen molar-refractivity contribution in [2.24, 2.45) is 0 Å². The minimum Gasteiger partial charge on any atom is -0.378 e. The average Bonchev–Trinajstić information content (AvgIpc) is 2.68. The van der Waals surface area contributed by atoms with Crippen molar-refractivity contribution >= 4 is 28.7 Å². The molecule has 0 spiro atoms. The molecule has 28 heavy (non-hydrogen) atoms. The van der Waals surface area contributed by atoms with Crippen molar-refractivity contribution in [1.82, 2.24) is 0 Å². The fourth-order valence-electron chi connectivity index (χ4n) is 3.06. The molecule has 0 atom stereocenters. The fourth-order valence-corrected chi connectivity index (χ4v) is 3.06. The normalized spacial score (nSPS) is 13.8. The van der Waals surface area contributed by atoms with E-state index in [2.05, 4.69) is 5.32 Å². The molecule has 0 aromatic heterocycles. The van der Waals surface area contributed by atoms with Crippen LogP contribution in [-0.4, -0.2) is 42.1 Å². The first-order valence-corrected chi connectivity index (χ1v) is 8.55. The quantitative estimate of drug-likeness (QED) is 0.618. The predicted octanol–water partition coefficient (Wildman–Crippen LogP) is 2.90. The summed E-state index contributed by atoms with van der Waals surface area (Å²) in [6.07, 6.45) is 0. The summed E-state index contributed by atoms with van der Waals surface area (Å²) in [5.74, 6) is -0.524. The third kappa shape index (κ3) is 3.91. The molecule has 1 heterocycles. The zero-order valence-corrected chi connectivity index (χ0v) is 15.1. The number of nitro groups is 2. The van der Waals surface area contributed by atoms with Gasteiger partial charge in [-0.25, -0.2) is 0 Å². The molecule has 0 radical (unpaired) electrons. The molecule has 3 rings (SSSR count). The van der Waals surface area contributed by atoms with E-state index in [0.29, 0.717) is 37.7 Å². The maximum absolute atomic E-state index is 12.8. The summed E-state index contributed by atoms with van der Waals surface area (Å²) in [6, 6.07) is 8.45. The van der Waals surface area contributed by atoms with E-state index in [-0.39, 0.29) is 22.5 Å². The van der Waals surface area contributed by atoms with Crippen molar-refractivity contribution in [3.63, 3.8) is 0 Å². The number of benzene rings is 2. The monoisotopic (exact) mass is 386 g/mol. The van der Waals surface area contributed by atoms with Crippen LogP contribution in [0.2, 0.25) is 0 Å². The van der Waals surface area contributed by atoms with Crippen LogP contribution in [0.4, 0.5) is 22.7 Å². The molecule has 10 nitrogen and oxygen atoms in total. The highest BCUT2D eigenvalue weighted by Gasteiger charge is 2.22. The van der Waals surface area contributed by atoms with Gasteiger partial charge in [-0.05, 0) is 19.1 Å². The van der Waals surface area contributed by atoms with Gasteiger partial charge in [0.2, 0.25) is 0 Å². The Balaban J connectivity index is 1.95. The molecule has 0 saturated carbocycles. The summed E-state index contributed by atoms with van der Waals surface area (Å²) < 4.78 is 5.31. The van der Waals surface area contributed by atoms with E-state index < -0.39 is 15.8 Å². The van der Waals surface area contributed by atoms with Crippen LogP contribution in [0.5, 0.6) is 0 Å². The predicted molar refractivity (Wildman–Crippen MR) is 102 cm³/mol. The number of carbonyl (C=O) groups is 1. The van der Waals surface area contributed by atoms with Gasteiger partial charge in [-0.15, -0.1) is 0 Å². The average molecular weight is 386 g/mol. The van der Waals surface area contributed by atoms with E-state index in [0.717, 1.165) is 0 Å². The second-order valence-corrected chi connectivity index (χ2v) is 6.22. The van der Waals surface area contributed by atoms with Crippen molar-refractivity contribution in [2.45, 2.75) is 6.92 Å². The number of hydrogen-bond donors (Lipinski definition) is 1. The minimum absolute atomic E-state index is 0.0916. The molecule has 10 heteroatoms. The molecule has 1 amide bonds. The Morgan fingerprint density at radius 3 is 2.46 bits per heavy atom. The Kier molecular flexibility index (Phi) is 5.50. The zero-order chi connectivity index (χ0) is 20.3. The van der Waals surface area contributed by atoms with Gasteiger partial charge in [-0.3, -0.25) is 25.0 Å². The van der Waals surface area contributed by atoms with Crippen LogP contribution >= 0.6 is 0 Å². The molecule has 2 aromatic rings. The molecule has 1 fully saturated rings. The maximum atomic E-state index is 12.8. The third-order valence-corrected chi connectivity index (χ3v) is 4.54. The number of morpholine rings is 1. The number of non-ortho nitro benzene ring substituents is 1. The smallest absolute Gasteiger partial charge is 0.273 e. The summed E-state index contributed by atoms with van der Waals surface area (Å²) in [7, 11) is 0. The van der Waals surface area contributed by atoms with E-state index in [4.69, 9.17) is 4.74 Å². The Bertz CT molecular complexity index is 940. The number of amides is 1. The highest BCUT2D eigenvalue weighted by atomic mass is 16.6. The first-order valence-electron chi connectivity index (χ1n) is 8.55. The van der Waals surface area contributed by atoms with Gasteiger partial charge in [0.15, 0.2) is 0 Å². The number of ether oxygens (including phenoxy) is 1. The number of nitro benzene ring substituents is 2. The highest BCUT2D eigenvalue weighted by molar-refractivity contribution is 6.07. The summed E-state index contributed by atoms with van der Waals surface area (Å²) in [6.45, 7) is 3.51. The van der Waals surface area contributed by atoms with E-state index in [9.17, 15) is 25.0 Å². The van der Waals surface area contributed by atoms with Crippen molar-refractivity contribution in [3.8, 4) is 0 Å². The summed E-state index contributed by atoms with van der Waals surface area (Å²) in [5.41, 5.74) is 1.08.